The van der Waals surface area contributed by atoms with Crippen molar-refractivity contribution in [2.24, 2.45) is 0 Å². The molecule has 0 radical (unpaired) electrons. The van der Waals surface area contributed by atoms with Gasteiger partial charge in [-0.15, -0.1) is 0 Å². The van der Waals surface area contributed by atoms with Gasteiger partial charge in [0.25, 0.3) is 0 Å². The third-order valence-corrected chi connectivity index (χ3v) is 14.5. The third-order valence-electron chi connectivity index (χ3n) is 14.5. The fourth-order valence-corrected chi connectivity index (χ4v) is 11.5. The molecule has 0 amide bonds. The van der Waals surface area contributed by atoms with Gasteiger partial charge >= 0.3 is 0 Å². The van der Waals surface area contributed by atoms with Crippen LogP contribution in [0.25, 0.3) is 77.8 Å². The Morgan fingerprint density at radius 3 is 1.92 bits per heavy atom. The fourth-order valence-electron chi connectivity index (χ4n) is 11.5. The Morgan fingerprint density at radius 2 is 1.16 bits per heavy atom. The van der Waals surface area contributed by atoms with E-state index in [9.17, 15) is 0 Å². The van der Waals surface area contributed by atoms with Crippen LogP contribution in [-0.4, -0.2) is 9.13 Å². The lowest BCUT2D eigenvalue weighted by Gasteiger charge is -2.35. The number of allylic oxidation sites excluding steroid dienone is 5. The summed E-state index contributed by atoms with van der Waals surface area (Å²) < 4.78 is 4.90. The van der Waals surface area contributed by atoms with Gasteiger partial charge in [0.15, 0.2) is 0 Å². The number of nitrogens with zero attached hydrogens (tertiary/aromatic N) is 3. The molecule has 0 aliphatic heterocycles. The van der Waals surface area contributed by atoms with Gasteiger partial charge in [0, 0.05) is 55.4 Å². The van der Waals surface area contributed by atoms with Crippen LogP contribution in [0.3, 0.4) is 0 Å². The van der Waals surface area contributed by atoms with Gasteiger partial charge in [-0.1, -0.05) is 141 Å². The number of fused-ring (bicyclic) bond motifs is 9. The summed E-state index contributed by atoms with van der Waals surface area (Å²) in [5.74, 6) is 0. The van der Waals surface area contributed by atoms with E-state index >= 15 is 0 Å². The first-order valence-corrected chi connectivity index (χ1v) is 22.9. The Morgan fingerprint density at radius 1 is 0.500 bits per heavy atom. The predicted molar refractivity (Wildman–Crippen MR) is 270 cm³/mol. The monoisotopic (exact) mass is 821 g/mol. The summed E-state index contributed by atoms with van der Waals surface area (Å²) in [6.45, 7) is 4.83. The quantitative estimate of drug-likeness (QED) is 0.163. The molecule has 64 heavy (non-hydrogen) atoms. The number of rotatable bonds is 6. The SMILES string of the molecule is CC1(C)C2=C(CCC(N(c3cc(-c4ccc5c(c4)c4ccccc4n5-c4ccccc4)cc(-n4c5ccccc5c5ccccc54)c3)c3cccc4c3CCC=C4)=C2)c2ccccc21. The third kappa shape index (κ3) is 5.53. The minimum absolute atomic E-state index is 0.0908. The average Bonchev–Trinajstić information content (AvgIpc) is 3.94. The highest BCUT2D eigenvalue weighted by atomic mass is 15.2. The standard InChI is InChI=1S/C61H47N3/c1-61(2)54-26-12-8-22-48(54)49-33-32-44(39-55(49)61)62(56-30-16-18-40-17-6-7-21-47(40)56)45-35-42(36-46(38-45)64-57-27-13-9-23-50(57)51-24-10-14-28-58(51)64)41-31-34-60-53(37-41)52-25-11-15-29-59(52)63(60)43-19-4-3-5-20-43/h3-6,8-20,22-31,34-39H,7,21,32-33H2,1-2H3. The second-order valence-corrected chi connectivity index (χ2v) is 18.3. The Kier molecular flexibility index (Phi) is 8.21. The zero-order chi connectivity index (χ0) is 42.5. The van der Waals surface area contributed by atoms with E-state index in [2.05, 4.69) is 228 Å². The van der Waals surface area contributed by atoms with Crippen LogP contribution in [-0.2, 0) is 11.8 Å². The minimum Gasteiger partial charge on any atom is -0.314 e. The molecule has 8 aromatic carbocycles. The molecule has 0 N–H and O–H groups in total. The van der Waals surface area contributed by atoms with Gasteiger partial charge < -0.3 is 14.0 Å². The number of para-hydroxylation sites is 4. The van der Waals surface area contributed by atoms with Crippen molar-refractivity contribution in [1.29, 1.82) is 0 Å². The fraction of sp³-hybridized carbons (Fsp3) is 0.115. The average molecular weight is 822 g/mol. The van der Waals surface area contributed by atoms with Crippen molar-refractivity contribution in [3.05, 3.63) is 228 Å². The smallest absolute Gasteiger partial charge is 0.0541 e. The molecular weight excluding hydrogens is 775 g/mol. The van der Waals surface area contributed by atoms with E-state index in [4.69, 9.17) is 0 Å². The molecular formula is C61H47N3. The van der Waals surface area contributed by atoms with Gasteiger partial charge in [-0.25, -0.2) is 0 Å². The summed E-state index contributed by atoms with van der Waals surface area (Å²) in [5.41, 5.74) is 21.8. The molecule has 3 aliphatic carbocycles. The molecule has 2 heterocycles. The second-order valence-electron chi connectivity index (χ2n) is 18.3. The number of hydrogen-bond donors (Lipinski definition) is 0. The van der Waals surface area contributed by atoms with Crippen LogP contribution in [0.1, 0.15) is 55.4 Å². The van der Waals surface area contributed by atoms with E-state index in [1.165, 1.54) is 111 Å². The zero-order valence-corrected chi connectivity index (χ0v) is 36.2. The topological polar surface area (TPSA) is 13.1 Å². The van der Waals surface area contributed by atoms with Crippen molar-refractivity contribution in [1.82, 2.24) is 9.13 Å². The largest absolute Gasteiger partial charge is 0.314 e. The minimum atomic E-state index is -0.0908. The van der Waals surface area contributed by atoms with Crippen molar-refractivity contribution in [3.63, 3.8) is 0 Å². The van der Waals surface area contributed by atoms with Crippen LogP contribution in [0.15, 0.2) is 205 Å². The first kappa shape index (κ1) is 37.0. The summed E-state index contributed by atoms with van der Waals surface area (Å²) in [5, 5.41) is 5.03. The highest BCUT2D eigenvalue weighted by molar-refractivity contribution is 6.11. The molecule has 0 bridgehead atoms. The van der Waals surface area contributed by atoms with Gasteiger partial charge in [0.1, 0.15) is 0 Å². The van der Waals surface area contributed by atoms with E-state index in [1.54, 1.807) is 0 Å². The molecule has 3 aliphatic rings. The molecule has 0 spiro atoms. The number of hydrogen-bond acceptors (Lipinski definition) is 1. The Balaban J connectivity index is 1.09. The molecule has 0 fully saturated rings. The Bertz CT molecular complexity index is 3590. The predicted octanol–water partition coefficient (Wildman–Crippen LogP) is 16.1. The molecule has 306 valence electrons. The molecule has 13 rings (SSSR count). The molecule has 3 heteroatoms. The number of benzene rings is 8. The number of anilines is 2. The summed E-state index contributed by atoms with van der Waals surface area (Å²) in [7, 11) is 0. The van der Waals surface area contributed by atoms with Gasteiger partial charge in [-0.05, 0) is 143 Å². The van der Waals surface area contributed by atoms with Crippen molar-refractivity contribution < 1.29 is 0 Å². The lowest BCUT2D eigenvalue weighted by Crippen LogP contribution is -2.23. The van der Waals surface area contributed by atoms with Crippen LogP contribution in [0.2, 0.25) is 0 Å². The van der Waals surface area contributed by atoms with Gasteiger partial charge in [-0.3, -0.25) is 0 Å². The molecule has 3 nitrogen and oxygen atoms in total. The van der Waals surface area contributed by atoms with Gasteiger partial charge in [0.05, 0.1) is 22.1 Å². The number of aromatic nitrogens is 2. The van der Waals surface area contributed by atoms with E-state index in [1.807, 2.05) is 0 Å². The summed E-state index contributed by atoms with van der Waals surface area (Å²) in [6, 6.07) is 67.8. The Labute approximate surface area is 374 Å². The Hall–Kier alpha value is -7.62. The first-order valence-electron chi connectivity index (χ1n) is 22.9. The maximum atomic E-state index is 2.64. The normalized spacial score (nSPS) is 15.2. The molecule has 0 saturated heterocycles. The van der Waals surface area contributed by atoms with Crippen LogP contribution in [0.5, 0.6) is 0 Å². The van der Waals surface area contributed by atoms with Gasteiger partial charge in [0.2, 0.25) is 0 Å². The van der Waals surface area contributed by atoms with Crippen molar-refractivity contribution in [2.75, 3.05) is 4.90 Å². The molecule has 10 aromatic rings. The van der Waals surface area contributed by atoms with Crippen LogP contribution in [0, 0.1) is 0 Å². The summed E-state index contributed by atoms with van der Waals surface area (Å²) in [4.78, 5) is 2.64. The van der Waals surface area contributed by atoms with Crippen LogP contribution < -0.4 is 4.90 Å². The highest BCUT2D eigenvalue weighted by Crippen LogP contribution is 2.53. The molecule has 2 aromatic heterocycles. The van der Waals surface area contributed by atoms with Gasteiger partial charge in [-0.2, -0.15) is 0 Å². The van der Waals surface area contributed by atoms with E-state index in [0.717, 1.165) is 31.4 Å². The molecule has 0 atom stereocenters. The first-order chi connectivity index (χ1) is 31.5. The van der Waals surface area contributed by atoms with Crippen molar-refractivity contribution in [2.45, 2.75) is 44.9 Å². The van der Waals surface area contributed by atoms with Crippen LogP contribution in [0.4, 0.5) is 11.4 Å². The summed E-state index contributed by atoms with van der Waals surface area (Å²) in [6.07, 6.45) is 11.2. The van der Waals surface area contributed by atoms with Crippen LogP contribution >= 0.6 is 0 Å². The van der Waals surface area contributed by atoms with Crippen molar-refractivity contribution in [3.8, 4) is 22.5 Å². The maximum Gasteiger partial charge on any atom is 0.0541 e. The van der Waals surface area contributed by atoms with E-state index < -0.39 is 0 Å². The van der Waals surface area contributed by atoms with E-state index in [0.29, 0.717) is 0 Å². The zero-order valence-electron chi connectivity index (χ0n) is 36.2. The van der Waals surface area contributed by atoms with E-state index in [-0.39, 0.29) is 5.41 Å². The lowest BCUT2D eigenvalue weighted by molar-refractivity contribution is 0.648. The van der Waals surface area contributed by atoms with Crippen molar-refractivity contribution >= 4 is 66.6 Å². The molecule has 0 unspecified atom stereocenters. The highest BCUT2D eigenvalue weighted by Gasteiger charge is 2.39. The summed E-state index contributed by atoms with van der Waals surface area (Å²) >= 11 is 0. The second kappa shape index (κ2) is 14.2. The molecule has 0 saturated carbocycles. The lowest BCUT2D eigenvalue weighted by atomic mass is 9.79. The maximum absolute atomic E-state index is 2.64.